The number of anilines is 1. The van der Waals surface area contributed by atoms with Gasteiger partial charge in [-0.3, -0.25) is 0 Å². The fraction of sp³-hybridized carbons (Fsp3) is 0.455. The molecule has 1 fully saturated rings. The van der Waals surface area contributed by atoms with Gasteiger partial charge in [0.25, 0.3) is 0 Å². The monoisotopic (exact) mass is 257 g/mol. The number of nitrogens with zero attached hydrogens (tertiary/aromatic N) is 2. The van der Waals surface area contributed by atoms with Gasteiger partial charge in [-0.05, 0) is 12.1 Å². The quantitative estimate of drug-likeness (QED) is 0.791. The number of carbonyl (C=O) groups is 1. The Bertz CT molecular complexity index is 363. The Labute approximate surface area is 107 Å². The van der Waals surface area contributed by atoms with Crippen molar-refractivity contribution in [2.45, 2.75) is 0 Å². The number of hydrogen-bond donors (Lipinski definition) is 1. The van der Waals surface area contributed by atoms with Crippen LogP contribution in [0.3, 0.4) is 0 Å². The molecule has 2 rings (SSSR count). The SMILES string of the molecule is COC(=O)c1ccc(N2CCNCC2)nc1.Cl. The third-order valence-electron chi connectivity index (χ3n) is 2.61. The normalized spacial score (nSPS) is 15.0. The van der Waals surface area contributed by atoms with E-state index >= 15 is 0 Å². The van der Waals surface area contributed by atoms with Crippen LogP contribution in [-0.4, -0.2) is 44.2 Å². The number of rotatable bonds is 2. The molecule has 0 spiro atoms. The molecule has 1 aromatic rings. The summed E-state index contributed by atoms with van der Waals surface area (Å²) in [5, 5.41) is 3.28. The molecule has 17 heavy (non-hydrogen) atoms. The number of pyridine rings is 1. The summed E-state index contributed by atoms with van der Waals surface area (Å²) in [4.78, 5) is 17.7. The molecule has 2 heterocycles. The molecule has 0 amide bonds. The number of piperazine rings is 1. The Morgan fingerprint density at radius 3 is 2.65 bits per heavy atom. The van der Waals surface area contributed by atoms with Gasteiger partial charge in [0, 0.05) is 32.4 Å². The van der Waals surface area contributed by atoms with Crippen molar-refractivity contribution < 1.29 is 9.53 Å². The van der Waals surface area contributed by atoms with Crippen molar-refractivity contribution in [1.29, 1.82) is 0 Å². The summed E-state index contributed by atoms with van der Waals surface area (Å²) in [6.45, 7) is 3.84. The third-order valence-corrected chi connectivity index (χ3v) is 2.61. The van der Waals surface area contributed by atoms with E-state index in [1.165, 1.54) is 7.11 Å². The number of carbonyl (C=O) groups excluding carboxylic acids is 1. The summed E-state index contributed by atoms with van der Waals surface area (Å²) in [7, 11) is 1.37. The number of methoxy groups -OCH3 is 1. The molecule has 5 nitrogen and oxygen atoms in total. The highest BCUT2D eigenvalue weighted by atomic mass is 35.5. The van der Waals surface area contributed by atoms with Crippen LogP contribution in [0.2, 0.25) is 0 Å². The average Bonchev–Trinajstić information content (AvgIpc) is 2.39. The van der Waals surface area contributed by atoms with Gasteiger partial charge in [-0.1, -0.05) is 0 Å². The van der Waals surface area contributed by atoms with Crippen LogP contribution < -0.4 is 10.2 Å². The van der Waals surface area contributed by atoms with Crippen LogP contribution in [0.1, 0.15) is 10.4 Å². The minimum atomic E-state index is -0.348. The largest absolute Gasteiger partial charge is 0.465 e. The molecule has 0 atom stereocenters. The molecule has 0 saturated carbocycles. The summed E-state index contributed by atoms with van der Waals surface area (Å²) in [5.41, 5.74) is 0.487. The van der Waals surface area contributed by atoms with Gasteiger partial charge in [0.05, 0.1) is 12.7 Å². The van der Waals surface area contributed by atoms with Crippen LogP contribution in [-0.2, 0) is 4.74 Å². The Morgan fingerprint density at radius 2 is 2.12 bits per heavy atom. The fourth-order valence-electron chi connectivity index (χ4n) is 1.71. The maximum absolute atomic E-state index is 11.2. The first-order valence-corrected chi connectivity index (χ1v) is 5.31. The lowest BCUT2D eigenvalue weighted by Gasteiger charge is -2.28. The number of esters is 1. The molecule has 6 heteroatoms. The van der Waals surface area contributed by atoms with Crippen molar-refractivity contribution in [3.05, 3.63) is 23.9 Å². The van der Waals surface area contributed by atoms with Crippen molar-refractivity contribution in [3.8, 4) is 0 Å². The third kappa shape index (κ3) is 3.31. The zero-order chi connectivity index (χ0) is 11.4. The molecule has 94 valence electrons. The first-order valence-electron chi connectivity index (χ1n) is 5.31. The Morgan fingerprint density at radius 1 is 1.41 bits per heavy atom. The summed E-state index contributed by atoms with van der Waals surface area (Å²) in [6, 6.07) is 3.60. The molecular formula is C11H16ClN3O2. The van der Waals surface area contributed by atoms with Crippen LogP contribution in [0.5, 0.6) is 0 Å². The standard InChI is InChI=1S/C11H15N3O2.ClH/c1-16-11(15)9-2-3-10(13-8-9)14-6-4-12-5-7-14;/h2-3,8,12H,4-7H2,1H3;1H. The van der Waals surface area contributed by atoms with Crippen LogP contribution in [0.15, 0.2) is 18.3 Å². The molecule has 0 aromatic carbocycles. The second kappa shape index (κ2) is 6.42. The van der Waals surface area contributed by atoms with Gasteiger partial charge >= 0.3 is 5.97 Å². The van der Waals surface area contributed by atoms with E-state index in [1.54, 1.807) is 12.3 Å². The van der Waals surface area contributed by atoms with Crippen molar-refractivity contribution >= 4 is 24.2 Å². The maximum atomic E-state index is 11.2. The topological polar surface area (TPSA) is 54.5 Å². The summed E-state index contributed by atoms with van der Waals surface area (Å²) in [5.74, 6) is 0.563. The van der Waals surface area contributed by atoms with Crippen LogP contribution >= 0.6 is 12.4 Å². The highest BCUT2D eigenvalue weighted by molar-refractivity contribution is 5.89. The molecule has 1 N–H and O–H groups in total. The van der Waals surface area contributed by atoms with E-state index in [2.05, 4.69) is 19.9 Å². The molecule has 0 unspecified atom stereocenters. The van der Waals surface area contributed by atoms with E-state index in [-0.39, 0.29) is 18.4 Å². The van der Waals surface area contributed by atoms with Gasteiger partial charge in [-0.15, -0.1) is 12.4 Å². The number of aromatic nitrogens is 1. The van der Waals surface area contributed by atoms with E-state index in [0.29, 0.717) is 5.56 Å². The van der Waals surface area contributed by atoms with Gasteiger partial charge in [0.15, 0.2) is 0 Å². The summed E-state index contributed by atoms with van der Waals surface area (Å²) >= 11 is 0. The highest BCUT2D eigenvalue weighted by Gasteiger charge is 2.12. The maximum Gasteiger partial charge on any atom is 0.339 e. The number of nitrogens with one attached hydrogen (secondary N) is 1. The first kappa shape index (κ1) is 13.7. The van der Waals surface area contributed by atoms with E-state index in [0.717, 1.165) is 32.0 Å². The average molecular weight is 258 g/mol. The molecule has 1 aliphatic heterocycles. The summed E-state index contributed by atoms with van der Waals surface area (Å²) < 4.78 is 4.62. The van der Waals surface area contributed by atoms with Crippen molar-refractivity contribution in [3.63, 3.8) is 0 Å². The Hall–Kier alpha value is -1.33. The van der Waals surface area contributed by atoms with Gasteiger partial charge in [-0.2, -0.15) is 0 Å². The van der Waals surface area contributed by atoms with Gasteiger partial charge in [0.2, 0.25) is 0 Å². The molecule has 1 saturated heterocycles. The minimum absolute atomic E-state index is 0. The highest BCUT2D eigenvalue weighted by Crippen LogP contribution is 2.12. The van der Waals surface area contributed by atoms with Crippen LogP contribution in [0.25, 0.3) is 0 Å². The lowest BCUT2D eigenvalue weighted by molar-refractivity contribution is 0.0600. The Balaban J connectivity index is 0.00000144. The number of halogens is 1. The van der Waals surface area contributed by atoms with Crippen molar-refractivity contribution in [1.82, 2.24) is 10.3 Å². The molecule has 1 aliphatic rings. The lowest BCUT2D eigenvalue weighted by Crippen LogP contribution is -2.43. The van der Waals surface area contributed by atoms with Crippen LogP contribution in [0.4, 0.5) is 5.82 Å². The minimum Gasteiger partial charge on any atom is -0.465 e. The molecule has 0 radical (unpaired) electrons. The predicted octanol–water partition coefficient (Wildman–Crippen LogP) is 0.700. The van der Waals surface area contributed by atoms with Crippen molar-refractivity contribution in [2.24, 2.45) is 0 Å². The van der Waals surface area contributed by atoms with Crippen molar-refractivity contribution in [2.75, 3.05) is 38.2 Å². The van der Waals surface area contributed by atoms with Crippen LogP contribution in [0, 0.1) is 0 Å². The zero-order valence-electron chi connectivity index (χ0n) is 9.68. The smallest absolute Gasteiger partial charge is 0.339 e. The summed E-state index contributed by atoms with van der Waals surface area (Å²) in [6.07, 6.45) is 1.56. The molecular weight excluding hydrogens is 242 g/mol. The first-order chi connectivity index (χ1) is 7.81. The lowest BCUT2D eigenvalue weighted by atomic mass is 10.2. The van der Waals surface area contributed by atoms with E-state index in [1.807, 2.05) is 6.07 Å². The second-order valence-electron chi connectivity index (χ2n) is 3.63. The molecule has 0 bridgehead atoms. The fourth-order valence-corrected chi connectivity index (χ4v) is 1.71. The molecule has 0 aliphatic carbocycles. The van der Waals surface area contributed by atoms with E-state index < -0.39 is 0 Å². The van der Waals surface area contributed by atoms with Gasteiger partial charge in [0.1, 0.15) is 5.82 Å². The second-order valence-corrected chi connectivity index (χ2v) is 3.63. The van der Waals surface area contributed by atoms with E-state index in [4.69, 9.17) is 0 Å². The Kier molecular flexibility index (Phi) is 5.18. The van der Waals surface area contributed by atoms with Gasteiger partial charge < -0.3 is 15.0 Å². The predicted molar refractivity (Wildman–Crippen MR) is 67.9 cm³/mol. The number of ether oxygens (including phenoxy) is 1. The van der Waals surface area contributed by atoms with Gasteiger partial charge in [-0.25, -0.2) is 9.78 Å². The zero-order valence-corrected chi connectivity index (χ0v) is 10.5. The molecule has 1 aromatic heterocycles. The van der Waals surface area contributed by atoms with E-state index in [9.17, 15) is 4.79 Å². The number of hydrogen-bond acceptors (Lipinski definition) is 5.